The fourth-order valence-corrected chi connectivity index (χ4v) is 5.43. The predicted octanol–water partition coefficient (Wildman–Crippen LogP) is 7.56. The molecule has 1 aliphatic rings. The van der Waals surface area contributed by atoms with Gasteiger partial charge in [0.2, 0.25) is 0 Å². The van der Waals surface area contributed by atoms with Gasteiger partial charge in [-0.1, -0.05) is 87.2 Å². The fourth-order valence-electron chi connectivity index (χ4n) is 4.58. The van der Waals surface area contributed by atoms with Crippen LogP contribution in [0.2, 0.25) is 0 Å². The molecule has 0 saturated heterocycles. The molecule has 0 bridgehead atoms. The molecule has 37 heavy (non-hydrogen) atoms. The van der Waals surface area contributed by atoms with Crippen molar-refractivity contribution in [3.8, 4) is 17.2 Å². The minimum absolute atomic E-state index is 0.286. The van der Waals surface area contributed by atoms with Crippen molar-refractivity contribution in [1.29, 1.82) is 5.26 Å². The SMILES string of the molecule is COC(=O)c1ccc(COC(C2=CPCC=C2)c2ccc(C#N)c(-c3cccc4ccccc34)c2)cc1. The lowest BCUT2D eigenvalue weighted by molar-refractivity contribution is 0.0599. The number of methoxy groups -OCH3 is 1. The predicted molar refractivity (Wildman–Crippen MR) is 150 cm³/mol. The van der Waals surface area contributed by atoms with Gasteiger partial charge in [-0.3, -0.25) is 0 Å². The molecule has 0 spiro atoms. The van der Waals surface area contributed by atoms with Gasteiger partial charge in [0.15, 0.2) is 0 Å². The van der Waals surface area contributed by atoms with Gasteiger partial charge in [-0.15, -0.1) is 0 Å². The normalized spacial score (nSPS) is 14.2. The van der Waals surface area contributed by atoms with Crippen molar-refractivity contribution in [1.82, 2.24) is 0 Å². The highest BCUT2D eigenvalue weighted by molar-refractivity contribution is 7.42. The molecule has 1 heterocycles. The van der Waals surface area contributed by atoms with Crippen LogP contribution >= 0.6 is 8.58 Å². The van der Waals surface area contributed by atoms with Crippen LogP contribution in [0, 0.1) is 11.3 Å². The maximum Gasteiger partial charge on any atom is 0.337 e. The zero-order chi connectivity index (χ0) is 25.6. The van der Waals surface area contributed by atoms with Gasteiger partial charge < -0.3 is 9.47 Å². The summed E-state index contributed by atoms with van der Waals surface area (Å²) >= 11 is 0. The molecule has 1 aliphatic heterocycles. The standard InChI is InChI=1S/C32H26NO3P/c1-35-32(34)24-13-11-22(12-14-24)20-36-31(27-8-5-17-37-21-27)25-15-16-26(19-33)30(18-25)29-10-4-7-23-6-2-3-9-28(23)29/h2-16,18,21,31,37H,17,20H2,1H3. The number of carbonyl (C=O) groups excluding carboxylic acids is 1. The van der Waals surface area contributed by atoms with Crippen LogP contribution in [-0.2, 0) is 16.1 Å². The van der Waals surface area contributed by atoms with E-state index in [0.29, 0.717) is 26.3 Å². The van der Waals surface area contributed by atoms with E-state index in [-0.39, 0.29) is 12.1 Å². The molecule has 5 rings (SSSR count). The third kappa shape index (κ3) is 5.39. The molecule has 2 atom stereocenters. The summed E-state index contributed by atoms with van der Waals surface area (Å²) in [5.41, 5.74) is 6.14. The Balaban J connectivity index is 1.52. The number of nitriles is 1. The topological polar surface area (TPSA) is 59.3 Å². The van der Waals surface area contributed by atoms with E-state index in [1.54, 1.807) is 12.1 Å². The number of nitrogens with zero attached hydrogens (tertiary/aromatic N) is 1. The average molecular weight is 504 g/mol. The molecule has 0 aromatic heterocycles. The number of allylic oxidation sites excluding steroid dienone is 1. The van der Waals surface area contributed by atoms with Crippen LogP contribution in [0.5, 0.6) is 0 Å². The highest BCUT2D eigenvalue weighted by atomic mass is 31.1. The lowest BCUT2D eigenvalue weighted by Crippen LogP contribution is -2.09. The monoisotopic (exact) mass is 503 g/mol. The number of rotatable bonds is 7. The summed E-state index contributed by atoms with van der Waals surface area (Å²) in [4.78, 5) is 11.8. The second-order valence-corrected chi connectivity index (χ2v) is 9.88. The van der Waals surface area contributed by atoms with E-state index in [0.717, 1.165) is 44.8 Å². The molecule has 0 fully saturated rings. The van der Waals surface area contributed by atoms with Gasteiger partial charge in [-0.05, 0) is 63.5 Å². The molecule has 4 aromatic carbocycles. The minimum Gasteiger partial charge on any atom is -0.465 e. The molecular formula is C32H26NO3P. The van der Waals surface area contributed by atoms with Crippen LogP contribution in [0.25, 0.3) is 21.9 Å². The van der Waals surface area contributed by atoms with Crippen molar-refractivity contribution in [3.05, 3.63) is 131 Å². The van der Waals surface area contributed by atoms with Crippen molar-refractivity contribution in [2.45, 2.75) is 12.7 Å². The van der Waals surface area contributed by atoms with Gasteiger partial charge in [0, 0.05) is 5.56 Å². The Morgan fingerprint density at radius 3 is 2.57 bits per heavy atom. The number of hydrogen-bond acceptors (Lipinski definition) is 4. The van der Waals surface area contributed by atoms with E-state index in [4.69, 9.17) is 9.47 Å². The quantitative estimate of drug-likeness (QED) is 0.193. The maximum atomic E-state index is 11.8. The summed E-state index contributed by atoms with van der Waals surface area (Å²) in [6.45, 7) is 0.379. The number of carbonyl (C=O) groups is 1. The van der Waals surface area contributed by atoms with Crippen molar-refractivity contribution in [3.63, 3.8) is 0 Å². The number of ether oxygens (including phenoxy) is 2. The Morgan fingerprint density at radius 2 is 1.81 bits per heavy atom. The summed E-state index contributed by atoms with van der Waals surface area (Å²) < 4.78 is 11.3. The van der Waals surface area contributed by atoms with Gasteiger partial charge >= 0.3 is 5.97 Å². The number of fused-ring (bicyclic) bond motifs is 1. The van der Waals surface area contributed by atoms with Gasteiger partial charge in [0.25, 0.3) is 0 Å². The van der Waals surface area contributed by atoms with Crippen LogP contribution in [0.4, 0.5) is 0 Å². The molecule has 0 radical (unpaired) electrons. The Kier molecular flexibility index (Phi) is 7.57. The van der Waals surface area contributed by atoms with E-state index in [2.05, 4.69) is 54.4 Å². The van der Waals surface area contributed by atoms with E-state index >= 15 is 0 Å². The zero-order valence-corrected chi connectivity index (χ0v) is 21.5. The van der Waals surface area contributed by atoms with Crippen molar-refractivity contribution in [2.24, 2.45) is 0 Å². The summed E-state index contributed by atoms with van der Waals surface area (Å²) in [7, 11) is 2.08. The lowest BCUT2D eigenvalue weighted by atomic mass is 9.91. The average Bonchev–Trinajstić information content (AvgIpc) is 2.97. The Morgan fingerprint density at radius 1 is 1.00 bits per heavy atom. The van der Waals surface area contributed by atoms with Crippen LogP contribution in [0.3, 0.4) is 0 Å². The first-order valence-corrected chi connectivity index (χ1v) is 13.4. The van der Waals surface area contributed by atoms with E-state index in [1.165, 1.54) is 7.11 Å². The first kappa shape index (κ1) is 24.7. The first-order valence-electron chi connectivity index (χ1n) is 12.1. The molecular weight excluding hydrogens is 477 g/mol. The summed E-state index contributed by atoms with van der Waals surface area (Å²) in [6.07, 6.45) is 5.08. The van der Waals surface area contributed by atoms with Gasteiger partial charge in [-0.2, -0.15) is 5.26 Å². The maximum absolute atomic E-state index is 11.8. The molecule has 4 nitrogen and oxygen atoms in total. The largest absolute Gasteiger partial charge is 0.465 e. The first-order chi connectivity index (χ1) is 18.2. The molecule has 2 unspecified atom stereocenters. The lowest BCUT2D eigenvalue weighted by Gasteiger charge is -2.23. The number of hydrogen-bond donors (Lipinski definition) is 0. The second-order valence-electron chi connectivity index (χ2n) is 8.78. The smallest absolute Gasteiger partial charge is 0.337 e. The fraction of sp³-hybridized carbons (Fsp3) is 0.125. The molecule has 5 heteroatoms. The molecule has 0 aliphatic carbocycles. The second kappa shape index (κ2) is 11.4. The number of esters is 1. The van der Waals surface area contributed by atoms with Crippen molar-refractivity contribution in [2.75, 3.05) is 13.3 Å². The molecule has 4 aromatic rings. The number of benzene rings is 4. The van der Waals surface area contributed by atoms with E-state index in [1.807, 2.05) is 42.5 Å². The Labute approximate surface area is 218 Å². The van der Waals surface area contributed by atoms with Gasteiger partial charge in [0.05, 0.1) is 30.9 Å². The Hall–Kier alpha value is -4.03. The highest BCUT2D eigenvalue weighted by Crippen LogP contribution is 2.38. The summed E-state index contributed by atoms with van der Waals surface area (Å²) in [5, 5.41) is 12.2. The molecule has 0 saturated carbocycles. The minimum atomic E-state index is -0.359. The van der Waals surface area contributed by atoms with Crippen LogP contribution < -0.4 is 0 Å². The third-order valence-electron chi connectivity index (χ3n) is 6.46. The highest BCUT2D eigenvalue weighted by Gasteiger charge is 2.20. The van der Waals surface area contributed by atoms with Gasteiger partial charge in [0.1, 0.15) is 6.10 Å². The third-order valence-corrected chi connectivity index (χ3v) is 7.46. The van der Waals surface area contributed by atoms with Crippen LogP contribution in [0.15, 0.2) is 108 Å². The Bertz CT molecular complexity index is 1540. The molecule has 182 valence electrons. The molecule has 0 amide bonds. The van der Waals surface area contributed by atoms with E-state index < -0.39 is 0 Å². The summed E-state index contributed by atoms with van der Waals surface area (Å²) in [6, 6.07) is 30.1. The van der Waals surface area contributed by atoms with Crippen LogP contribution in [0.1, 0.15) is 33.2 Å². The van der Waals surface area contributed by atoms with Crippen molar-refractivity contribution < 1.29 is 14.3 Å². The van der Waals surface area contributed by atoms with Gasteiger partial charge in [-0.25, -0.2) is 4.79 Å². The summed E-state index contributed by atoms with van der Waals surface area (Å²) in [5.74, 6) is 1.89. The van der Waals surface area contributed by atoms with Crippen LogP contribution in [-0.4, -0.2) is 19.2 Å². The van der Waals surface area contributed by atoms with Crippen molar-refractivity contribution >= 4 is 25.3 Å². The van der Waals surface area contributed by atoms with E-state index in [9.17, 15) is 10.1 Å². The molecule has 0 N–H and O–H groups in total. The zero-order valence-electron chi connectivity index (χ0n) is 20.5.